The van der Waals surface area contributed by atoms with Crippen LogP contribution in [0, 0.1) is 0 Å². The van der Waals surface area contributed by atoms with E-state index in [4.69, 9.17) is 9.47 Å². The number of benzene rings is 2. The molecule has 6 heteroatoms. The van der Waals surface area contributed by atoms with Crippen molar-refractivity contribution in [2.24, 2.45) is 0 Å². The third kappa shape index (κ3) is 9.46. The molecule has 0 bridgehead atoms. The highest BCUT2D eigenvalue weighted by atomic mass is 16.5. The average molecular weight is 469 g/mol. The molecule has 0 spiro atoms. The van der Waals surface area contributed by atoms with Gasteiger partial charge in [0, 0.05) is 17.7 Å². The first-order chi connectivity index (χ1) is 16.6. The lowest BCUT2D eigenvalue weighted by atomic mass is 10.1. The average Bonchev–Trinajstić information content (AvgIpc) is 2.86. The van der Waals surface area contributed by atoms with Crippen molar-refractivity contribution >= 4 is 17.5 Å². The topological polar surface area (TPSA) is 76.7 Å². The third-order valence-corrected chi connectivity index (χ3v) is 5.63. The molecule has 2 aromatic rings. The standard InChI is InChI=1S/C28H40N2O4/c1-4-6-7-8-9-10-11-12-20-34-24-16-13-22(14-17-24)28(32)30-25-21-23(15-18-26(25)33-3)27(31)29-19-5-2/h13-18,21H,4-12,19-20H2,1-3H3,(H,29,31)(H,30,32). The van der Waals surface area contributed by atoms with Gasteiger partial charge in [-0.2, -0.15) is 0 Å². The first kappa shape index (κ1) is 27.2. The Morgan fingerprint density at radius 3 is 2.06 bits per heavy atom. The second kappa shape index (κ2) is 15.8. The monoisotopic (exact) mass is 468 g/mol. The Hall–Kier alpha value is -3.02. The van der Waals surface area contributed by atoms with Gasteiger partial charge in [0.15, 0.2) is 0 Å². The molecule has 0 unspecified atom stereocenters. The van der Waals surface area contributed by atoms with Crippen LogP contribution in [0.5, 0.6) is 11.5 Å². The Balaban J connectivity index is 1.83. The molecule has 0 saturated carbocycles. The van der Waals surface area contributed by atoms with E-state index in [0.717, 1.165) is 18.6 Å². The number of methoxy groups -OCH3 is 1. The number of amides is 2. The Kier molecular flexibility index (Phi) is 12.6. The molecule has 0 aliphatic rings. The highest BCUT2D eigenvalue weighted by Crippen LogP contribution is 2.26. The van der Waals surface area contributed by atoms with Gasteiger partial charge in [-0.15, -0.1) is 0 Å². The van der Waals surface area contributed by atoms with Crippen LogP contribution in [0.25, 0.3) is 0 Å². The van der Waals surface area contributed by atoms with Crippen LogP contribution in [-0.2, 0) is 0 Å². The van der Waals surface area contributed by atoms with E-state index >= 15 is 0 Å². The van der Waals surface area contributed by atoms with Gasteiger partial charge in [-0.25, -0.2) is 0 Å². The zero-order valence-corrected chi connectivity index (χ0v) is 21.0. The number of hydrogen-bond donors (Lipinski definition) is 2. The molecule has 0 aliphatic carbocycles. The molecule has 2 N–H and O–H groups in total. The Bertz CT molecular complexity index is 880. The van der Waals surface area contributed by atoms with Crippen LogP contribution in [0.3, 0.4) is 0 Å². The van der Waals surface area contributed by atoms with E-state index in [1.54, 1.807) is 30.3 Å². The first-order valence-corrected chi connectivity index (χ1v) is 12.6. The van der Waals surface area contributed by atoms with E-state index in [1.165, 1.54) is 52.1 Å². The summed E-state index contributed by atoms with van der Waals surface area (Å²) in [6, 6.07) is 12.1. The van der Waals surface area contributed by atoms with Crippen molar-refractivity contribution in [2.75, 3.05) is 25.6 Å². The largest absolute Gasteiger partial charge is 0.495 e. The number of unbranched alkanes of at least 4 members (excludes halogenated alkanes) is 7. The summed E-state index contributed by atoms with van der Waals surface area (Å²) < 4.78 is 11.2. The van der Waals surface area contributed by atoms with E-state index in [-0.39, 0.29) is 11.8 Å². The molecule has 6 nitrogen and oxygen atoms in total. The van der Waals surface area contributed by atoms with Gasteiger partial charge in [0.25, 0.3) is 11.8 Å². The van der Waals surface area contributed by atoms with Crippen molar-refractivity contribution in [3.63, 3.8) is 0 Å². The lowest BCUT2D eigenvalue weighted by molar-refractivity contribution is 0.0952. The molecule has 0 fully saturated rings. The van der Waals surface area contributed by atoms with Crippen LogP contribution in [-0.4, -0.2) is 32.1 Å². The van der Waals surface area contributed by atoms with Crippen molar-refractivity contribution in [1.82, 2.24) is 5.32 Å². The van der Waals surface area contributed by atoms with E-state index in [9.17, 15) is 9.59 Å². The highest BCUT2D eigenvalue weighted by Gasteiger charge is 2.13. The van der Waals surface area contributed by atoms with Crippen molar-refractivity contribution in [3.05, 3.63) is 53.6 Å². The summed E-state index contributed by atoms with van der Waals surface area (Å²) in [5, 5.41) is 5.68. The molecule has 2 aromatic carbocycles. The maximum Gasteiger partial charge on any atom is 0.255 e. The van der Waals surface area contributed by atoms with Gasteiger partial charge in [-0.1, -0.05) is 58.8 Å². The fourth-order valence-corrected chi connectivity index (χ4v) is 3.61. The van der Waals surface area contributed by atoms with Crippen LogP contribution in [0.1, 0.15) is 92.4 Å². The Morgan fingerprint density at radius 1 is 0.765 bits per heavy atom. The van der Waals surface area contributed by atoms with Gasteiger partial charge in [0.1, 0.15) is 11.5 Å². The van der Waals surface area contributed by atoms with Gasteiger partial charge in [-0.05, 0) is 55.3 Å². The summed E-state index contributed by atoms with van der Waals surface area (Å²) in [4.78, 5) is 25.0. The predicted octanol–water partition coefficient (Wildman–Crippen LogP) is 6.61. The quantitative estimate of drug-likeness (QED) is 0.272. The fraction of sp³-hybridized carbons (Fsp3) is 0.500. The SMILES string of the molecule is CCCCCCCCCCOc1ccc(C(=O)Nc2cc(C(=O)NCCC)ccc2OC)cc1. The third-order valence-electron chi connectivity index (χ3n) is 5.63. The van der Waals surface area contributed by atoms with Crippen LogP contribution < -0.4 is 20.1 Å². The summed E-state index contributed by atoms with van der Waals surface area (Å²) in [6.07, 6.45) is 10.9. The Labute approximate surface area is 204 Å². The van der Waals surface area contributed by atoms with Crippen molar-refractivity contribution in [2.45, 2.75) is 71.6 Å². The van der Waals surface area contributed by atoms with Gasteiger partial charge >= 0.3 is 0 Å². The van der Waals surface area contributed by atoms with Crippen LogP contribution in [0.2, 0.25) is 0 Å². The lowest BCUT2D eigenvalue weighted by Gasteiger charge is -2.13. The number of anilines is 1. The maximum absolute atomic E-state index is 12.8. The van der Waals surface area contributed by atoms with E-state index in [1.807, 2.05) is 19.1 Å². The van der Waals surface area contributed by atoms with Crippen molar-refractivity contribution in [1.29, 1.82) is 0 Å². The minimum Gasteiger partial charge on any atom is -0.495 e. The number of carbonyl (C=O) groups is 2. The van der Waals surface area contributed by atoms with Crippen LogP contribution >= 0.6 is 0 Å². The molecule has 0 atom stereocenters. The van der Waals surface area contributed by atoms with Gasteiger partial charge in [0.05, 0.1) is 19.4 Å². The molecule has 2 amide bonds. The first-order valence-electron chi connectivity index (χ1n) is 12.6. The van der Waals surface area contributed by atoms with E-state index in [0.29, 0.717) is 35.7 Å². The van der Waals surface area contributed by atoms with Crippen molar-refractivity contribution in [3.8, 4) is 11.5 Å². The molecular weight excluding hydrogens is 428 g/mol. The number of rotatable bonds is 16. The summed E-state index contributed by atoms with van der Waals surface area (Å²) in [7, 11) is 1.53. The minimum absolute atomic E-state index is 0.182. The van der Waals surface area contributed by atoms with Crippen LogP contribution in [0.15, 0.2) is 42.5 Å². The number of carbonyl (C=O) groups excluding carboxylic acids is 2. The summed E-state index contributed by atoms with van der Waals surface area (Å²) in [5.74, 6) is 0.786. The maximum atomic E-state index is 12.8. The summed E-state index contributed by atoms with van der Waals surface area (Å²) in [6.45, 7) is 5.51. The van der Waals surface area contributed by atoms with Crippen molar-refractivity contribution < 1.29 is 19.1 Å². The highest BCUT2D eigenvalue weighted by molar-refractivity contribution is 6.06. The lowest BCUT2D eigenvalue weighted by Crippen LogP contribution is -2.24. The number of nitrogens with one attached hydrogen (secondary N) is 2. The summed E-state index contributed by atoms with van der Waals surface area (Å²) >= 11 is 0. The smallest absolute Gasteiger partial charge is 0.255 e. The van der Waals surface area contributed by atoms with Gasteiger partial charge in [-0.3, -0.25) is 9.59 Å². The summed E-state index contributed by atoms with van der Waals surface area (Å²) in [5.41, 5.74) is 1.42. The second-order valence-corrected chi connectivity index (χ2v) is 8.47. The number of ether oxygens (including phenoxy) is 2. The Morgan fingerprint density at radius 2 is 1.41 bits per heavy atom. The molecular formula is C28H40N2O4. The molecule has 0 aliphatic heterocycles. The van der Waals surface area contributed by atoms with E-state index < -0.39 is 0 Å². The molecule has 0 saturated heterocycles. The van der Waals surface area contributed by atoms with Gasteiger partial charge in [0.2, 0.25) is 0 Å². The van der Waals surface area contributed by atoms with Gasteiger partial charge < -0.3 is 20.1 Å². The predicted molar refractivity (Wildman–Crippen MR) is 138 cm³/mol. The van der Waals surface area contributed by atoms with Crippen LogP contribution in [0.4, 0.5) is 5.69 Å². The second-order valence-electron chi connectivity index (χ2n) is 8.47. The molecule has 0 aromatic heterocycles. The molecule has 2 rings (SSSR count). The molecule has 0 heterocycles. The molecule has 34 heavy (non-hydrogen) atoms. The zero-order valence-electron chi connectivity index (χ0n) is 21.0. The van der Waals surface area contributed by atoms with E-state index in [2.05, 4.69) is 17.6 Å². The number of hydrogen-bond acceptors (Lipinski definition) is 4. The molecule has 0 radical (unpaired) electrons. The normalized spacial score (nSPS) is 10.6. The fourth-order valence-electron chi connectivity index (χ4n) is 3.61. The zero-order chi connectivity index (χ0) is 24.6. The minimum atomic E-state index is -0.279. The molecule has 186 valence electrons.